The first-order valence-corrected chi connectivity index (χ1v) is 7.30. The molecule has 0 bridgehead atoms. The minimum Gasteiger partial charge on any atom is -0.403 e. The van der Waals surface area contributed by atoms with Gasteiger partial charge in [0.15, 0.2) is 0 Å². The van der Waals surface area contributed by atoms with E-state index in [0.29, 0.717) is 32.5 Å². The van der Waals surface area contributed by atoms with Crippen molar-refractivity contribution in [2.75, 3.05) is 0 Å². The van der Waals surface area contributed by atoms with Crippen LogP contribution in [0, 0.1) is 10.1 Å². The molecule has 116 valence electrons. The maximum Gasteiger partial charge on any atom is 0.433 e. The molecular formula is C14H7Cl2N3O4. The van der Waals surface area contributed by atoms with Gasteiger partial charge < -0.3 is 9.15 Å². The first-order valence-electron chi connectivity index (χ1n) is 6.54. The van der Waals surface area contributed by atoms with E-state index in [9.17, 15) is 10.1 Å². The third-order valence-electron chi connectivity index (χ3n) is 3.46. The largest absolute Gasteiger partial charge is 0.433 e. The summed E-state index contributed by atoms with van der Waals surface area (Å²) in [6, 6.07) is 6.08. The number of hydrogen-bond acceptors (Lipinski definition) is 6. The van der Waals surface area contributed by atoms with Crippen molar-refractivity contribution < 1.29 is 14.1 Å². The van der Waals surface area contributed by atoms with Gasteiger partial charge in [-0.25, -0.2) is 4.98 Å². The summed E-state index contributed by atoms with van der Waals surface area (Å²) in [5.74, 6) is 0.0676. The molecule has 3 heterocycles. The maximum absolute atomic E-state index is 10.6. The number of fused-ring (bicyclic) bond motifs is 1. The van der Waals surface area contributed by atoms with Crippen molar-refractivity contribution in [1.29, 1.82) is 0 Å². The van der Waals surface area contributed by atoms with E-state index in [2.05, 4.69) is 9.97 Å². The van der Waals surface area contributed by atoms with Gasteiger partial charge in [0.05, 0.1) is 39.0 Å². The Hall–Kier alpha value is -2.22. The van der Waals surface area contributed by atoms with Crippen molar-refractivity contribution in [2.45, 2.75) is 12.2 Å². The van der Waals surface area contributed by atoms with Crippen LogP contribution in [0.5, 0.6) is 0 Å². The molecule has 0 radical (unpaired) electrons. The molecule has 1 aliphatic rings. The van der Waals surface area contributed by atoms with E-state index in [0.717, 1.165) is 0 Å². The number of furan rings is 1. The Kier molecular flexibility index (Phi) is 3.22. The number of benzene rings is 1. The first kappa shape index (κ1) is 14.4. The second kappa shape index (κ2) is 5.16. The molecule has 1 aliphatic heterocycles. The Morgan fingerprint density at radius 1 is 1.13 bits per heavy atom. The van der Waals surface area contributed by atoms with Gasteiger partial charge in [-0.2, -0.15) is 0 Å². The van der Waals surface area contributed by atoms with Crippen LogP contribution in [0.2, 0.25) is 10.0 Å². The average Bonchev–Trinajstić information content (AvgIpc) is 3.16. The molecule has 0 spiro atoms. The predicted octanol–water partition coefficient (Wildman–Crippen LogP) is 4.25. The molecule has 0 amide bonds. The molecule has 2 unspecified atom stereocenters. The Labute approximate surface area is 139 Å². The summed E-state index contributed by atoms with van der Waals surface area (Å²) in [5, 5.41) is 11.4. The van der Waals surface area contributed by atoms with Gasteiger partial charge in [-0.05, 0) is 18.2 Å². The fraction of sp³-hybridized carbons (Fsp3) is 0.143. The molecule has 23 heavy (non-hydrogen) atoms. The van der Waals surface area contributed by atoms with Crippen LogP contribution in [0.3, 0.4) is 0 Å². The topological polar surface area (TPSA) is 94.6 Å². The second-order valence-electron chi connectivity index (χ2n) is 4.96. The van der Waals surface area contributed by atoms with Crippen LogP contribution in [-0.2, 0) is 4.74 Å². The zero-order valence-corrected chi connectivity index (χ0v) is 12.8. The lowest BCUT2D eigenvalue weighted by Crippen LogP contribution is -1.92. The number of hydrogen-bond donors (Lipinski definition) is 0. The predicted molar refractivity (Wildman–Crippen MR) is 81.5 cm³/mol. The zero-order chi connectivity index (χ0) is 16.1. The van der Waals surface area contributed by atoms with E-state index in [1.807, 2.05) is 0 Å². The third-order valence-corrected chi connectivity index (χ3v) is 4.18. The summed E-state index contributed by atoms with van der Waals surface area (Å²) in [6.45, 7) is 0. The lowest BCUT2D eigenvalue weighted by molar-refractivity contribution is -0.402. The van der Waals surface area contributed by atoms with E-state index in [1.165, 1.54) is 12.1 Å². The molecular weight excluding hydrogens is 345 g/mol. The number of nitro groups is 1. The molecule has 2 atom stereocenters. The number of ether oxygens (including phenoxy) is 1. The standard InChI is InChI=1S/C14H7Cl2N3O4/c15-6-3-8-9(4-7(6)16)18-10(5-17-8)13-14(23-13)11-1-2-12(22-11)19(20)21/h1-5,13-14H. The van der Waals surface area contributed by atoms with Crippen molar-refractivity contribution in [3.8, 4) is 0 Å². The van der Waals surface area contributed by atoms with Crippen LogP contribution in [0.15, 0.2) is 34.9 Å². The van der Waals surface area contributed by atoms with Gasteiger partial charge in [-0.3, -0.25) is 15.1 Å². The van der Waals surface area contributed by atoms with E-state index in [-0.39, 0.29) is 12.0 Å². The van der Waals surface area contributed by atoms with Crippen molar-refractivity contribution in [3.05, 3.63) is 62.1 Å². The molecule has 7 nitrogen and oxygen atoms in total. The van der Waals surface area contributed by atoms with Crippen molar-refractivity contribution in [2.24, 2.45) is 0 Å². The highest BCUT2D eigenvalue weighted by atomic mass is 35.5. The normalized spacial score (nSPS) is 19.9. The van der Waals surface area contributed by atoms with Gasteiger partial charge in [0.25, 0.3) is 0 Å². The summed E-state index contributed by atoms with van der Waals surface area (Å²) in [6.07, 6.45) is 0.819. The summed E-state index contributed by atoms with van der Waals surface area (Å²) in [5.41, 5.74) is 1.81. The number of rotatable bonds is 3. The molecule has 0 N–H and O–H groups in total. The van der Waals surface area contributed by atoms with Crippen molar-refractivity contribution >= 4 is 40.1 Å². The zero-order valence-electron chi connectivity index (χ0n) is 11.3. The molecule has 1 saturated heterocycles. The minimum atomic E-state index is -0.595. The Morgan fingerprint density at radius 2 is 1.87 bits per heavy atom. The number of epoxide rings is 1. The van der Waals surface area contributed by atoms with Gasteiger partial charge >= 0.3 is 5.88 Å². The fourth-order valence-electron chi connectivity index (χ4n) is 2.31. The molecule has 1 aromatic carbocycles. The van der Waals surface area contributed by atoms with Gasteiger partial charge in [0.1, 0.15) is 22.9 Å². The van der Waals surface area contributed by atoms with Crippen molar-refractivity contribution in [3.63, 3.8) is 0 Å². The smallest absolute Gasteiger partial charge is 0.403 e. The molecule has 1 fully saturated rings. The second-order valence-corrected chi connectivity index (χ2v) is 5.77. The lowest BCUT2D eigenvalue weighted by atomic mass is 10.2. The van der Waals surface area contributed by atoms with Crippen LogP contribution in [-0.4, -0.2) is 14.9 Å². The molecule has 3 aromatic rings. The Balaban J connectivity index is 1.63. The van der Waals surface area contributed by atoms with E-state index < -0.39 is 11.0 Å². The first-order chi connectivity index (χ1) is 11.0. The van der Waals surface area contributed by atoms with E-state index in [1.54, 1.807) is 18.3 Å². The van der Waals surface area contributed by atoms with E-state index in [4.69, 9.17) is 32.4 Å². The van der Waals surface area contributed by atoms with Gasteiger partial charge in [0.2, 0.25) is 0 Å². The van der Waals surface area contributed by atoms with Gasteiger partial charge in [-0.15, -0.1) is 0 Å². The highest BCUT2D eigenvalue weighted by Crippen LogP contribution is 2.51. The number of nitrogens with zero attached hydrogens (tertiary/aromatic N) is 3. The minimum absolute atomic E-state index is 0.319. The Bertz CT molecular complexity index is 943. The van der Waals surface area contributed by atoms with Crippen LogP contribution in [0.25, 0.3) is 11.0 Å². The number of aromatic nitrogens is 2. The SMILES string of the molecule is O=[N+]([O-])c1ccc(C2OC2c2cnc3cc(Cl)c(Cl)cc3n2)o1. The summed E-state index contributed by atoms with van der Waals surface area (Å²) in [7, 11) is 0. The number of halogens is 2. The van der Waals surface area contributed by atoms with E-state index >= 15 is 0 Å². The quantitative estimate of drug-likeness (QED) is 0.397. The van der Waals surface area contributed by atoms with Crippen LogP contribution < -0.4 is 0 Å². The van der Waals surface area contributed by atoms with Crippen molar-refractivity contribution in [1.82, 2.24) is 9.97 Å². The summed E-state index contributed by atoms with van der Waals surface area (Å²) in [4.78, 5) is 18.8. The Morgan fingerprint density at radius 3 is 2.57 bits per heavy atom. The molecule has 9 heteroatoms. The third kappa shape index (κ3) is 2.52. The monoisotopic (exact) mass is 351 g/mol. The van der Waals surface area contributed by atoms with Crippen LogP contribution in [0.4, 0.5) is 5.88 Å². The average molecular weight is 352 g/mol. The highest BCUT2D eigenvalue weighted by Gasteiger charge is 2.46. The molecule has 0 saturated carbocycles. The lowest BCUT2D eigenvalue weighted by Gasteiger charge is -2.01. The fourth-order valence-corrected chi connectivity index (χ4v) is 2.62. The molecule has 4 rings (SSSR count). The molecule has 2 aromatic heterocycles. The highest BCUT2D eigenvalue weighted by molar-refractivity contribution is 6.42. The van der Waals surface area contributed by atoms with Gasteiger partial charge in [-0.1, -0.05) is 23.2 Å². The summed E-state index contributed by atoms with van der Waals surface area (Å²) < 4.78 is 10.6. The maximum atomic E-state index is 10.6. The summed E-state index contributed by atoms with van der Waals surface area (Å²) >= 11 is 11.9. The molecule has 0 aliphatic carbocycles. The van der Waals surface area contributed by atoms with Crippen LogP contribution in [0.1, 0.15) is 23.7 Å². The van der Waals surface area contributed by atoms with Crippen LogP contribution >= 0.6 is 23.2 Å². The van der Waals surface area contributed by atoms with Gasteiger partial charge in [0, 0.05) is 0 Å².